The van der Waals surface area contributed by atoms with Crippen LogP contribution in [0.2, 0.25) is 0 Å². The summed E-state index contributed by atoms with van der Waals surface area (Å²) in [7, 11) is -3.86. The number of benzene rings is 2. The summed E-state index contributed by atoms with van der Waals surface area (Å²) in [6.07, 6.45) is -1.17. The van der Waals surface area contributed by atoms with Crippen molar-refractivity contribution in [2.75, 3.05) is 10.0 Å². The van der Waals surface area contributed by atoms with Crippen LogP contribution in [0.1, 0.15) is 22.8 Å². The van der Waals surface area contributed by atoms with Gasteiger partial charge in [-0.1, -0.05) is 24.3 Å². The van der Waals surface area contributed by atoms with Gasteiger partial charge in [0.2, 0.25) is 0 Å². The lowest BCUT2D eigenvalue weighted by Crippen LogP contribution is -2.30. The van der Waals surface area contributed by atoms with Crippen molar-refractivity contribution < 1.29 is 22.7 Å². The van der Waals surface area contributed by atoms with Crippen molar-refractivity contribution in [3.8, 4) is 6.07 Å². The van der Waals surface area contributed by atoms with Crippen LogP contribution in [0, 0.1) is 11.3 Å². The number of sulfonamides is 1. The number of carbonyl (C=O) groups excluding carboxylic acids is 2. The van der Waals surface area contributed by atoms with Gasteiger partial charge in [0.1, 0.15) is 4.21 Å². The van der Waals surface area contributed by atoms with Crippen LogP contribution < -0.4 is 10.0 Å². The summed E-state index contributed by atoms with van der Waals surface area (Å²) in [4.78, 5) is 25.0. The fraction of sp³-hybridized carbons (Fsp3) is 0.0952. The molecule has 0 radical (unpaired) electrons. The number of rotatable bonds is 7. The third-order valence-corrected chi connectivity index (χ3v) is 6.83. The Morgan fingerprint density at radius 2 is 1.87 bits per heavy atom. The Balaban J connectivity index is 1.71. The second-order valence-electron chi connectivity index (χ2n) is 6.31. The summed E-state index contributed by atoms with van der Waals surface area (Å²) in [6, 6.07) is 17.3. The van der Waals surface area contributed by atoms with Gasteiger partial charge in [-0.3, -0.25) is 9.52 Å². The standard InChI is InChI=1S/C21H17N3O5S2/c1-14(20(25)23-16-7-4-6-15(12-16)13-22)29-21(26)17-8-2-3-9-18(17)24-31(27,28)19-10-5-11-30-19/h2-12,14,24H,1H3,(H,23,25). The summed E-state index contributed by atoms with van der Waals surface area (Å²) in [5, 5.41) is 13.1. The number of amides is 1. The van der Waals surface area contributed by atoms with E-state index in [0.717, 1.165) is 11.3 Å². The van der Waals surface area contributed by atoms with E-state index in [0.29, 0.717) is 11.3 Å². The van der Waals surface area contributed by atoms with Gasteiger partial charge in [0.15, 0.2) is 6.10 Å². The molecule has 158 valence electrons. The highest BCUT2D eigenvalue weighted by atomic mass is 32.2. The van der Waals surface area contributed by atoms with Crippen molar-refractivity contribution in [1.82, 2.24) is 0 Å². The third-order valence-electron chi connectivity index (χ3n) is 4.06. The topological polar surface area (TPSA) is 125 Å². The van der Waals surface area contributed by atoms with E-state index in [1.54, 1.807) is 41.8 Å². The van der Waals surface area contributed by atoms with Crippen LogP contribution in [0.25, 0.3) is 0 Å². The maximum atomic E-state index is 12.6. The van der Waals surface area contributed by atoms with Crippen LogP contribution in [0.3, 0.4) is 0 Å². The molecule has 0 aliphatic rings. The Morgan fingerprint density at radius 1 is 1.10 bits per heavy atom. The molecular weight excluding hydrogens is 438 g/mol. The summed E-state index contributed by atoms with van der Waals surface area (Å²) in [5.74, 6) is -1.46. The summed E-state index contributed by atoms with van der Waals surface area (Å²) >= 11 is 1.04. The van der Waals surface area contributed by atoms with Gasteiger partial charge in [-0.25, -0.2) is 13.2 Å². The number of nitrogens with zero attached hydrogens (tertiary/aromatic N) is 1. The highest BCUT2D eigenvalue weighted by Crippen LogP contribution is 2.23. The molecular formula is C21H17N3O5S2. The van der Waals surface area contributed by atoms with Crippen LogP contribution in [0.4, 0.5) is 11.4 Å². The summed E-state index contributed by atoms with van der Waals surface area (Å²) in [5.41, 5.74) is 0.759. The quantitative estimate of drug-likeness (QED) is 0.524. The maximum absolute atomic E-state index is 12.6. The number of carbonyl (C=O) groups is 2. The van der Waals surface area contributed by atoms with E-state index >= 15 is 0 Å². The van der Waals surface area contributed by atoms with Gasteiger partial charge >= 0.3 is 5.97 Å². The molecule has 2 N–H and O–H groups in total. The largest absolute Gasteiger partial charge is 0.449 e. The monoisotopic (exact) mass is 455 g/mol. The zero-order valence-corrected chi connectivity index (χ0v) is 17.9. The molecule has 0 aliphatic heterocycles. The van der Waals surface area contributed by atoms with Crippen molar-refractivity contribution >= 4 is 44.6 Å². The fourth-order valence-electron chi connectivity index (χ4n) is 2.55. The Hall–Kier alpha value is -3.68. The normalized spacial score (nSPS) is 11.7. The molecule has 31 heavy (non-hydrogen) atoms. The highest BCUT2D eigenvalue weighted by molar-refractivity contribution is 7.94. The molecule has 0 saturated carbocycles. The van der Waals surface area contributed by atoms with Gasteiger partial charge in [-0.2, -0.15) is 5.26 Å². The molecule has 0 fully saturated rings. The molecule has 1 aromatic heterocycles. The van der Waals surface area contributed by atoms with Crippen LogP contribution in [0.5, 0.6) is 0 Å². The second-order valence-corrected chi connectivity index (χ2v) is 9.17. The van der Waals surface area contributed by atoms with Crippen LogP contribution >= 0.6 is 11.3 Å². The van der Waals surface area contributed by atoms with E-state index in [-0.39, 0.29) is 15.5 Å². The molecule has 3 rings (SSSR count). The van der Waals surface area contributed by atoms with Gasteiger partial charge in [-0.15, -0.1) is 11.3 Å². The lowest BCUT2D eigenvalue weighted by molar-refractivity contribution is -0.123. The zero-order chi connectivity index (χ0) is 22.4. The minimum atomic E-state index is -3.86. The minimum absolute atomic E-state index is 0.0336. The van der Waals surface area contributed by atoms with E-state index in [4.69, 9.17) is 10.00 Å². The molecule has 0 spiro atoms. The molecule has 1 heterocycles. The van der Waals surface area contributed by atoms with Crippen molar-refractivity contribution in [3.63, 3.8) is 0 Å². The molecule has 10 heteroatoms. The highest BCUT2D eigenvalue weighted by Gasteiger charge is 2.23. The molecule has 0 bridgehead atoms. The summed E-state index contributed by atoms with van der Waals surface area (Å²) < 4.78 is 32.7. The Labute approximate surface area is 183 Å². The van der Waals surface area contributed by atoms with Gasteiger partial charge in [-0.05, 0) is 48.7 Å². The molecule has 0 aliphatic carbocycles. The number of thiophene rings is 1. The van der Waals surface area contributed by atoms with Gasteiger partial charge in [0.25, 0.3) is 15.9 Å². The van der Waals surface area contributed by atoms with E-state index < -0.39 is 28.0 Å². The Bertz CT molecular complexity index is 1250. The van der Waals surface area contributed by atoms with Gasteiger partial charge < -0.3 is 10.1 Å². The molecule has 1 unspecified atom stereocenters. The minimum Gasteiger partial charge on any atom is -0.449 e. The predicted molar refractivity (Wildman–Crippen MR) is 116 cm³/mol. The van der Waals surface area contributed by atoms with Crippen LogP contribution in [0.15, 0.2) is 70.3 Å². The SMILES string of the molecule is CC(OC(=O)c1ccccc1NS(=O)(=O)c1cccs1)C(=O)Nc1cccc(C#N)c1. The van der Waals surface area contributed by atoms with Crippen molar-refractivity contribution in [2.24, 2.45) is 0 Å². The first-order valence-electron chi connectivity index (χ1n) is 8.97. The average Bonchev–Trinajstić information content (AvgIpc) is 3.30. The Morgan fingerprint density at radius 3 is 2.58 bits per heavy atom. The van der Waals surface area contributed by atoms with E-state index in [9.17, 15) is 18.0 Å². The smallest absolute Gasteiger partial charge is 0.341 e. The lowest BCUT2D eigenvalue weighted by atomic mass is 10.2. The van der Waals surface area contributed by atoms with E-state index in [1.165, 1.54) is 31.2 Å². The molecule has 1 atom stereocenters. The van der Waals surface area contributed by atoms with Crippen molar-refractivity contribution in [1.29, 1.82) is 5.26 Å². The molecule has 0 saturated heterocycles. The van der Waals surface area contributed by atoms with Gasteiger partial charge in [0.05, 0.1) is 22.9 Å². The number of hydrogen-bond donors (Lipinski definition) is 2. The van der Waals surface area contributed by atoms with Crippen molar-refractivity contribution in [3.05, 3.63) is 77.2 Å². The number of hydrogen-bond acceptors (Lipinski definition) is 7. The number of nitriles is 1. The summed E-state index contributed by atoms with van der Waals surface area (Å²) in [6.45, 7) is 1.39. The van der Waals surface area contributed by atoms with E-state index in [1.807, 2.05) is 6.07 Å². The molecule has 8 nitrogen and oxygen atoms in total. The fourth-order valence-corrected chi connectivity index (χ4v) is 4.62. The van der Waals surface area contributed by atoms with Gasteiger partial charge in [0, 0.05) is 5.69 Å². The number of ether oxygens (including phenoxy) is 1. The third kappa shape index (κ3) is 5.48. The zero-order valence-electron chi connectivity index (χ0n) is 16.2. The Kier molecular flexibility index (Phi) is 6.69. The van der Waals surface area contributed by atoms with Crippen LogP contribution in [-0.4, -0.2) is 26.4 Å². The second kappa shape index (κ2) is 9.42. The molecule has 2 aromatic carbocycles. The lowest BCUT2D eigenvalue weighted by Gasteiger charge is -2.15. The molecule has 1 amide bonds. The number of anilines is 2. The number of esters is 1. The number of para-hydroxylation sites is 1. The van der Waals surface area contributed by atoms with E-state index in [2.05, 4.69) is 10.0 Å². The maximum Gasteiger partial charge on any atom is 0.341 e. The average molecular weight is 456 g/mol. The first-order chi connectivity index (χ1) is 14.8. The predicted octanol–water partition coefficient (Wildman–Crippen LogP) is 3.60. The van der Waals surface area contributed by atoms with Crippen molar-refractivity contribution in [2.45, 2.75) is 17.2 Å². The van der Waals surface area contributed by atoms with Crippen LogP contribution in [-0.2, 0) is 19.6 Å². The number of nitrogens with one attached hydrogen (secondary N) is 2. The first kappa shape index (κ1) is 22.0. The first-order valence-corrected chi connectivity index (χ1v) is 11.3. The molecule has 3 aromatic rings.